The van der Waals surface area contributed by atoms with Crippen molar-refractivity contribution in [1.82, 2.24) is 5.32 Å². The lowest BCUT2D eigenvalue weighted by Crippen LogP contribution is -2.58. The molecule has 0 bridgehead atoms. The van der Waals surface area contributed by atoms with Crippen LogP contribution in [0, 0.1) is 0 Å². The summed E-state index contributed by atoms with van der Waals surface area (Å²) in [5, 5.41) is 7.44. The van der Waals surface area contributed by atoms with Gasteiger partial charge in [-0.05, 0) is 45.7 Å². The van der Waals surface area contributed by atoms with Crippen LogP contribution in [0.2, 0.25) is 0 Å². The molecule has 2 aliphatic rings. The Morgan fingerprint density at radius 2 is 1.80 bits per heavy atom. The third-order valence-electron chi connectivity index (χ3n) is 4.16. The monoisotopic (exact) mass is 271 g/mol. The number of para-hydroxylation sites is 2. The molecular weight excluding hydrogens is 246 g/mol. The van der Waals surface area contributed by atoms with Gasteiger partial charge in [-0.15, -0.1) is 0 Å². The topological polar surface area (TPSA) is 36.4 Å². The van der Waals surface area contributed by atoms with E-state index in [1.165, 1.54) is 37.8 Å². The van der Waals surface area contributed by atoms with Crippen molar-refractivity contribution in [1.29, 1.82) is 0 Å². The molecule has 0 unspecified atom stereocenters. The molecule has 1 spiro atoms. The van der Waals surface area contributed by atoms with Gasteiger partial charge in [0.1, 0.15) is 5.84 Å². The van der Waals surface area contributed by atoms with Gasteiger partial charge in [0.25, 0.3) is 0 Å². The van der Waals surface area contributed by atoms with Gasteiger partial charge in [-0.2, -0.15) is 0 Å². The molecule has 0 amide bonds. The smallest absolute Gasteiger partial charge is 0.128 e. The maximum Gasteiger partial charge on any atom is 0.128 e. The van der Waals surface area contributed by atoms with Gasteiger partial charge in [0.05, 0.1) is 16.9 Å². The van der Waals surface area contributed by atoms with E-state index in [4.69, 9.17) is 4.99 Å². The SMILES string of the molecule is CC(C)(C)NC1=Nc2ccccc2NC12CCCCC2. The average Bonchev–Trinajstić information content (AvgIpc) is 2.39. The number of anilines is 1. The van der Waals surface area contributed by atoms with Gasteiger partial charge < -0.3 is 10.6 Å². The summed E-state index contributed by atoms with van der Waals surface area (Å²) in [6.45, 7) is 6.60. The van der Waals surface area contributed by atoms with E-state index < -0.39 is 0 Å². The van der Waals surface area contributed by atoms with E-state index in [2.05, 4.69) is 55.7 Å². The van der Waals surface area contributed by atoms with Crippen molar-refractivity contribution in [3.8, 4) is 0 Å². The first kappa shape index (κ1) is 13.5. The summed E-state index contributed by atoms with van der Waals surface area (Å²) in [5.41, 5.74) is 2.28. The Hall–Kier alpha value is -1.51. The predicted octanol–water partition coefficient (Wildman–Crippen LogP) is 4.23. The second kappa shape index (κ2) is 4.80. The lowest BCUT2D eigenvalue weighted by Gasteiger charge is -2.44. The summed E-state index contributed by atoms with van der Waals surface area (Å²) in [6.07, 6.45) is 6.24. The lowest BCUT2D eigenvalue weighted by molar-refractivity contribution is 0.382. The molecule has 3 nitrogen and oxygen atoms in total. The minimum Gasteiger partial charge on any atom is -0.371 e. The summed E-state index contributed by atoms with van der Waals surface area (Å²) in [6, 6.07) is 8.36. The summed E-state index contributed by atoms with van der Waals surface area (Å²) >= 11 is 0. The molecule has 1 aromatic rings. The van der Waals surface area contributed by atoms with E-state index in [1.807, 2.05) is 0 Å². The fourth-order valence-corrected chi connectivity index (χ4v) is 3.24. The van der Waals surface area contributed by atoms with Crippen LogP contribution in [0.25, 0.3) is 0 Å². The maximum atomic E-state index is 4.95. The highest BCUT2D eigenvalue weighted by atomic mass is 15.2. The normalized spacial score (nSPS) is 20.9. The predicted molar refractivity (Wildman–Crippen MR) is 85.9 cm³/mol. The molecule has 0 saturated heterocycles. The van der Waals surface area contributed by atoms with Crippen LogP contribution in [-0.4, -0.2) is 16.9 Å². The van der Waals surface area contributed by atoms with Gasteiger partial charge in [-0.1, -0.05) is 31.4 Å². The average molecular weight is 271 g/mol. The zero-order valence-electron chi connectivity index (χ0n) is 12.8. The highest BCUT2D eigenvalue weighted by Crippen LogP contribution is 2.40. The van der Waals surface area contributed by atoms with Crippen LogP contribution in [-0.2, 0) is 0 Å². The highest BCUT2D eigenvalue weighted by Gasteiger charge is 2.41. The van der Waals surface area contributed by atoms with Crippen molar-refractivity contribution in [3.63, 3.8) is 0 Å². The largest absolute Gasteiger partial charge is 0.371 e. The number of benzene rings is 1. The van der Waals surface area contributed by atoms with Gasteiger partial charge in [-0.3, -0.25) is 0 Å². The Labute approximate surface area is 121 Å². The Kier molecular flexibility index (Phi) is 3.23. The number of aliphatic imine (C=N–C) groups is 1. The Bertz CT molecular complexity index is 519. The van der Waals surface area contributed by atoms with E-state index in [9.17, 15) is 0 Å². The molecule has 1 heterocycles. The van der Waals surface area contributed by atoms with Crippen LogP contribution in [0.3, 0.4) is 0 Å². The summed E-state index contributed by atoms with van der Waals surface area (Å²) in [7, 11) is 0. The first-order valence-electron chi connectivity index (χ1n) is 7.73. The number of hydrogen-bond donors (Lipinski definition) is 2. The molecule has 0 radical (unpaired) electrons. The fraction of sp³-hybridized carbons (Fsp3) is 0.588. The number of hydrogen-bond acceptors (Lipinski definition) is 3. The molecular formula is C17H25N3. The van der Waals surface area contributed by atoms with E-state index in [0.29, 0.717) is 0 Å². The third-order valence-corrected chi connectivity index (χ3v) is 4.16. The first-order valence-corrected chi connectivity index (χ1v) is 7.73. The highest BCUT2D eigenvalue weighted by molar-refractivity contribution is 6.00. The van der Waals surface area contributed by atoms with Crippen LogP contribution in [0.4, 0.5) is 11.4 Å². The second-order valence-electron chi connectivity index (χ2n) is 7.12. The van der Waals surface area contributed by atoms with E-state index >= 15 is 0 Å². The van der Waals surface area contributed by atoms with Gasteiger partial charge in [0.15, 0.2) is 0 Å². The van der Waals surface area contributed by atoms with Crippen molar-refractivity contribution in [2.24, 2.45) is 4.99 Å². The van der Waals surface area contributed by atoms with Crippen molar-refractivity contribution in [2.45, 2.75) is 64.0 Å². The Balaban J connectivity index is 2.01. The first-order chi connectivity index (χ1) is 9.49. The summed E-state index contributed by atoms with van der Waals surface area (Å²) < 4.78 is 0. The molecule has 20 heavy (non-hydrogen) atoms. The molecule has 3 rings (SSSR count). The molecule has 1 saturated carbocycles. The molecule has 0 atom stereocenters. The minimum absolute atomic E-state index is 0.0138. The van der Waals surface area contributed by atoms with Crippen LogP contribution >= 0.6 is 0 Å². The van der Waals surface area contributed by atoms with E-state index in [0.717, 1.165) is 11.5 Å². The molecule has 2 N–H and O–H groups in total. The zero-order chi connectivity index (χ0) is 14.2. The van der Waals surface area contributed by atoms with Gasteiger partial charge >= 0.3 is 0 Å². The van der Waals surface area contributed by atoms with Crippen LogP contribution in [0.15, 0.2) is 29.3 Å². The van der Waals surface area contributed by atoms with Gasteiger partial charge in [-0.25, -0.2) is 4.99 Å². The van der Waals surface area contributed by atoms with Crippen molar-refractivity contribution in [3.05, 3.63) is 24.3 Å². The molecule has 1 aliphatic heterocycles. The van der Waals surface area contributed by atoms with Crippen LogP contribution in [0.1, 0.15) is 52.9 Å². The van der Waals surface area contributed by atoms with Crippen molar-refractivity contribution in [2.75, 3.05) is 5.32 Å². The third kappa shape index (κ3) is 2.54. The van der Waals surface area contributed by atoms with Crippen molar-refractivity contribution >= 4 is 17.2 Å². The number of fused-ring (bicyclic) bond motifs is 1. The molecule has 0 aromatic heterocycles. The standard InChI is InChI=1S/C17H25N3/c1-16(2,3)20-15-17(11-7-4-8-12-17)19-14-10-6-5-9-13(14)18-15/h5-6,9-10,19H,4,7-8,11-12H2,1-3H3,(H,18,20). The quantitative estimate of drug-likeness (QED) is 0.740. The zero-order valence-corrected chi connectivity index (χ0v) is 12.8. The Morgan fingerprint density at radius 1 is 1.10 bits per heavy atom. The maximum absolute atomic E-state index is 4.95. The van der Waals surface area contributed by atoms with Crippen LogP contribution in [0.5, 0.6) is 0 Å². The second-order valence-corrected chi connectivity index (χ2v) is 7.12. The number of nitrogens with zero attached hydrogens (tertiary/aromatic N) is 1. The molecule has 1 aromatic carbocycles. The van der Waals surface area contributed by atoms with Crippen molar-refractivity contribution < 1.29 is 0 Å². The van der Waals surface area contributed by atoms with Gasteiger partial charge in [0.2, 0.25) is 0 Å². The molecule has 1 fully saturated rings. The summed E-state index contributed by atoms with van der Waals surface area (Å²) in [4.78, 5) is 4.95. The van der Waals surface area contributed by atoms with Gasteiger partial charge in [0, 0.05) is 5.54 Å². The molecule has 1 aliphatic carbocycles. The number of nitrogens with one attached hydrogen (secondary N) is 2. The minimum atomic E-state index is 0.0138. The number of rotatable bonds is 0. The number of amidine groups is 1. The fourth-order valence-electron chi connectivity index (χ4n) is 3.24. The molecule has 3 heteroatoms. The lowest BCUT2D eigenvalue weighted by atomic mass is 9.79. The van der Waals surface area contributed by atoms with E-state index in [1.54, 1.807) is 0 Å². The van der Waals surface area contributed by atoms with Crippen LogP contribution < -0.4 is 10.6 Å². The van der Waals surface area contributed by atoms with E-state index in [-0.39, 0.29) is 11.1 Å². The summed E-state index contributed by atoms with van der Waals surface area (Å²) in [5.74, 6) is 1.13. The Morgan fingerprint density at radius 3 is 2.50 bits per heavy atom. The molecule has 108 valence electrons.